The Morgan fingerprint density at radius 1 is 1.08 bits per heavy atom. The third-order valence-corrected chi connectivity index (χ3v) is 4.36. The molecule has 25 heavy (non-hydrogen) atoms. The van der Waals surface area contributed by atoms with Gasteiger partial charge in [-0.05, 0) is 36.1 Å². The zero-order valence-corrected chi connectivity index (χ0v) is 14.6. The Labute approximate surface area is 150 Å². The first-order valence-corrected chi connectivity index (χ1v) is 8.86. The number of rotatable bonds is 8. The van der Waals surface area contributed by atoms with Crippen LogP contribution in [0.25, 0.3) is 0 Å². The van der Waals surface area contributed by atoms with Crippen molar-refractivity contribution in [1.82, 2.24) is 4.90 Å². The van der Waals surface area contributed by atoms with Crippen LogP contribution in [-0.4, -0.2) is 30.8 Å². The van der Waals surface area contributed by atoms with Crippen molar-refractivity contribution in [2.75, 3.05) is 19.8 Å². The normalized spacial score (nSPS) is 16.7. The lowest BCUT2D eigenvalue weighted by Gasteiger charge is -2.25. The molecule has 1 fully saturated rings. The summed E-state index contributed by atoms with van der Waals surface area (Å²) < 4.78 is 11.4. The van der Waals surface area contributed by atoms with Crippen LogP contribution in [-0.2, 0) is 17.8 Å². The maximum absolute atomic E-state index is 5.85. The summed E-state index contributed by atoms with van der Waals surface area (Å²) in [4.78, 5) is 2.45. The highest BCUT2D eigenvalue weighted by Gasteiger charge is 2.19. The first-order valence-electron chi connectivity index (χ1n) is 8.86. The molecule has 1 aliphatic rings. The molecular formula is C22H25NO2. The summed E-state index contributed by atoms with van der Waals surface area (Å²) >= 11 is 0. The maximum Gasteiger partial charge on any atom is 0.148 e. The van der Waals surface area contributed by atoms with Gasteiger partial charge in [-0.15, -0.1) is 6.42 Å². The molecule has 0 aliphatic carbocycles. The highest BCUT2D eigenvalue weighted by Crippen LogP contribution is 2.19. The maximum atomic E-state index is 5.85. The van der Waals surface area contributed by atoms with Crippen LogP contribution < -0.4 is 4.74 Å². The number of hydrogen-bond donors (Lipinski definition) is 0. The minimum absolute atomic E-state index is 0.299. The van der Waals surface area contributed by atoms with E-state index in [4.69, 9.17) is 15.9 Å². The Kier molecular flexibility index (Phi) is 6.50. The lowest BCUT2D eigenvalue weighted by Crippen LogP contribution is -2.31. The summed E-state index contributed by atoms with van der Waals surface area (Å²) in [5, 5.41) is 0. The molecule has 0 N–H and O–H groups in total. The van der Waals surface area contributed by atoms with Crippen molar-refractivity contribution in [1.29, 1.82) is 0 Å². The highest BCUT2D eigenvalue weighted by atomic mass is 16.5. The summed E-state index contributed by atoms with van der Waals surface area (Å²) in [6.45, 7) is 3.91. The van der Waals surface area contributed by atoms with Gasteiger partial charge in [-0.25, -0.2) is 0 Å². The van der Waals surface area contributed by atoms with Gasteiger partial charge in [0.25, 0.3) is 0 Å². The van der Waals surface area contributed by atoms with Crippen LogP contribution in [0.5, 0.6) is 5.75 Å². The van der Waals surface area contributed by atoms with E-state index in [9.17, 15) is 0 Å². The summed E-state index contributed by atoms with van der Waals surface area (Å²) in [5.74, 6) is 3.33. The number of hydrogen-bond acceptors (Lipinski definition) is 3. The molecule has 0 amide bonds. The van der Waals surface area contributed by atoms with Crippen LogP contribution in [0.2, 0.25) is 0 Å². The average molecular weight is 335 g/mol. The van der Waals surface area contributed by atoms with Crippen molar-refractivity contribution in [3.05, 3.63) is 65.7 Å². The first kappa shape index (κ1) is 17.5. The van der Waals surface area contributed by atoms with Crippen molar-refractivity contribution >= 4 is 0 Å². The zero-order valence-electron chi connectivity index (χ0n) is 14.6. The van der Waals surface area contributed by atoms with Crippen LogP contribution in [0.4, 0.5) is 0 Å². The van der Waals surface area contributed by atoms with Crippen molar-refractivity contribution in [3.8, 4) is 18.1 Å². The summed E-state index contributed by atoms with van der Waals surface area (Å²) in [6, 6.07) is 18.8. The van der Waals surface area contributed by atoms with Gasteiger partial charge in [0, 0.05) is 26.2 Å². The molecule has 0 spiro atoms. The predicted molar refractivity (Wildman–Crippen MR) is 100 cm³/mol. The Balaban J connectivity index is 1.68. The molecule has 3 rings (SSSR count). The van der Waals surface area contributed by atoms with Gasteiger partial charge in [-0.2, -0.15) is 0 Å². The van der Waals surface area contributed by atoms with Gasteiger partial charge < -0.3 is 9.47 Å². The molecule has 0 saturated carbocycles. The third-order valence-electron chi connectivity index (χ3n) is 4.36. The van der Waals surface area contributed by atoms with Crippen LogP contribution in [0.3, 0.4) is 0 Å². The van der Waals surface area contributed by atoms with Crippen LogP contribution in [0.1, 0.15) is 24.0 Å². The lowest BCUT2D eigenvalue weighted by molar-refractivity contribution is 0.0679. The minimum Gasteiger partial charge on any atom is -0.481 e. The number of terminal acetylenes is 1. The number of ether oxygens (including phenoxy) is 2. The molecule has 1 heterocycles. The Bertz CT molecular complexity index is 687. The van der Waals surface area contributed by atoms with Crippen LogP contribution in [0.15, 0.2) is 54.6 Å². The van der Waals surface area contributed by atoms with E-state index < -0.39 is 0 Å². The average Bonchev–Trinajstić information content (AvgIpc) is 3.14. The molecule has 0 aromatic heterocycles. The van der Waals surface area contributed by atoms with E-state index in [1.54, 1.807) is 0 Å². The molecule has 3 heteroatoms. The van der Waals surface area contributed by atoms with E-state index in [1.807, 2.05) is 12.1 Å². The molecule has 2 aromatic carbocycles. The topological polar surface area (TPSA) is 21.7 Å². The van der Waals surface area contributed by atoms with Crippen LogP contribution >= 0.6 is 0 Å². The molecule has 2 aromatic rings. The first-order chi connectivity index (χ1) is 12.3. The van der Waals surface area contributed by atoms with Crippen LogP contribution in [0, 0.1) is 12.3 Å². The van der Waals surface area contributed by atoms with Gasteiger partial charge >= 0.3 is 0 Å². The zero-order chi connectivity index (χ0) is 17.3. The van der Waals surface area contributed by atoms with Gasteiger partial charge in [0.05, 0.1) is 6.10 Å². The Morgan fingerprint density at radius 2 is 1.88 bits per heavy atom. The van der Waals surface area contributed by atoms with E-state index in [1.165, 1.54) is 17.5 Å². The van der Waals surface area contributed by atoms with Crippen molar-refractivity contribution < 1.29 is 9.47 Å². The minimum atomic E-state index is 0.299. The van der Waals surface area contributed by atoms with E-state index in [0.29, 0.717) is 12.7 Å². The van der Waals surface area contributed by atoms with Gasteiger partial charge in [0.1, 0.15) is 12.4 Å². The van der Waals surface area contributed by atoms with E-state index >= 15 is 0 Å². The molecule has 0 radical (unpaired) electrons. The molecule has 3 nitrogen and oxygen atoms in total. The second-order valence-corrected chi connectivity index (χ2v) is 6.43. The van der Waals surface area contributed by atoms with E-state index in [2.05, 4.69) is 53.3 Å². The van der Waals surface area contributed by atoms with Gasteiger partial charge in [0.2, 0.25) is 0 Å². The largest absolute Gasteiger partial charge is 0.481 e. The summed E-state index contributed by atoms with van der Waals surface area (Å²) in [6.07, 6.45) is 7.93. The Hall–Kier alpha value is -2.28. The fourth-order valence-corrected chi connectivity index (χ4v) is 3.22. The monoisotopic (exact) mass is 335 g/mol. The fourth-order valence-electron chi connectivity index (χ4n) is 3.22. The molecule has 0 bridgehead atoms. The summed E-state index contributed by atoms with van der Waals surface area (Å²) in [7, 11) is 0. The third kappa shape index (κ3) is 5.63. The molecule has 130 valence electrons. The molecular weight excluding hydrogens is 310 g/mol. The van der Waals surface area contributed by atoms with Gasteiger partial charge in [-0.1, -0.05) is 48.4 Å². The van der Waals surface area contributed by atoms with Crippen molar-refractivity contribution in [2.24, 2.45) is 0 Å². The second kappa shape index (κ2) is 9.27. The number of nitrogens with zero attached hydrogens (tertiary/aromatic N) is 1. The molecule has 1 saturated heterocycles. The highest BCUT2D eigenvalue weighted by molar-refractivity contribution is 5.29. The van der Waals surface area contributed by atoms with E-state index in [-0.39, 0.29) is 0 Å². The quantitative estimate of drug-likeness (QED) is 0.683. The second-order valence-electron chi connectivity index (χ2n) is 6.43. The van der Waals surface area contributed by atoms with Gasteiger partial charge in [-0.3, -0.25) is 4.90 Å². The SMILES string of the molecule is C#CCOc1cccc(CN(Cc2ccccc2)C[C@@H]2CCCO2)c1. The molecule has 1 atom stereocenters. The fraction of sp³-hybridized carbons (Fsp3) is 0.364. The van der Waals surface area contributed by atoms with Gasteiger partial charge in [0.15, 0.2) is 0 Å². The smallest absolute Gasteiger partial charge is 0.148 e. The predicted octanol–water partition coefficient (Wildman–Crippen LogP) is 3.88. The van der Waals surface area contributed by atoms with E-state index in [0.717, 1.165) is 38.4 Å². The Morgan fingerprint density at radius 3 is 2.64 bits per heavy atom. The lowest BCUT2D eigenvalue weighted by atomic mass is 10.1. The molecule has 0 unspecified atom stereocenters. The summed E-state index contributed by atoms with van der Waals surface area (Å²) in [5.41, 5.74) is 2.55. The molecule has 1 aliphatic heterocycles. The van der Waals surface area contributed by atoms with Crippen molar-refractivity contribution in [2.45, 2.75) is 32.0 Å². The standard InChI is InChI=1S/C22H25NO2/c1-2-13-24-21-11-6-10-20(15-21)17-23(18-22-12-7-14-25-22)16-19-8-4-3-5-9-19/h1,3-6,8-11,15,22H,7,12-14,16-18H2/t22-/m0/s1. The van der Waals surface area contributed by atoms with Crippen molar-refractivity contribution in [3.63, 3.8) is 0 Å². The number of benzene rings is 2.